The molecule has 17 heavy (non-hydrogen) atoms. The van der Waals surface area contributed by atoms with Crippen molar-refractivity contribution >= 4 is 5.78 Å². The molecule has 1 unspecified atom stereocenters. The first-order valence-corrected chi connectivity index (χ1v) is 7.17. The number of carbonyl (C=O) groups is 1. The van der Waals surface area contributed by atoms with Crippen LogP contribution in [0.3, 0.4) is 0 Å². The second kappa shape index (κ2) is 6.53. The maximum absolute atomic E-state index is 12.2. The van der Waals surface area contributed by atoms with E-state index in [0.717, 1.165) is 19.3 Å². The SMILES string of the molecule is CC(C)(C)CC(N)CC(=O)C1CCCCCC1. The molecule has 0 spiro atoms. The topological polar surface area (TPSA) is 43.1 Å². The molecule has 1 fully saturated rings. The molecule has 1 rings (SSSR count). The van der Waals surface area contributed by atoms with Crippen LogP contribution in [0.1, 0.15) is 72.1 Å². The van der Waals surface area contributed by atoms with Gasteiger partial charge in [0.15, 0.2) is 0 Å². The van der Waals surface area contributed by atoms with Gasteiger partial charge in [-0.15, -0.1) is 0 Å². The lowest BCUT2D eigenvalue weighted by molar-refractivity contribution is -0.123. The zero-order chi connectivity index (χ0) is 12.9. The zero-order valence-electron chi connectivity index (χ0n) is 11.8. The van der Waals surface area contributed by atoms with Gasteiger partial charge in [-0.3, -0.25) is 4.79 Å². The number of hydrogen-bond acceptors (Lipinski definition) is 2. The predicted molar refractivity (Wildman–Crippen MR) is 72.9 cm³/mol. The van der Waals surface area contributed by atoms with Crippen LogP contribution in [0.4, 0.5) is 0 Å². The highest BCUT2D eigenvalue weighted by Gasteiger charge is 2.23. The Kier molecular flexibility index (Phi) is 5.64. The van der Waals surface area contributed by atoms with Gasteiger partial charge in [0.1, 0.15) is 5.78 Å². The molecule has 1 aliphatic carbocycles. The van der Waals surface area contributed by atoms with Crippen molar-refractivity contribution in [3.05, 3.63) is 0 Å². The van der Waals surface area contributed by atoms with Crippen molar-refractivity contribution in [3.63, 3.8) is 0 Å². The van der Waals surface area contributed by atoms with Crippen LogP contribution in [0.5, 0.6) is 0 Å². The first kappa shape index (κ1) is 14.7. The summed E-state index contributed by atoms with van der Waals surface area (Å²) in [5.41, 5.74) is 6.31. The summed E-state index contributed by atoms with van der Waals surface area (Å²) >= 11 is 0. The van der Waals surface area contributed by atoms with E-state index in [1.807, 2.05) is 0 Å². The second-order valence-corrected chi connectivity index (χ2v) is 6.88. The molecule has 0 amide bonds. The Hall–Kier alpha value is -0.370. The van der Waals surface area contributed by atoms with E-state index in [1.54, 1.807) is 0 Å². The first-order valence-electron chi connectivity index (χ1n) is 7.17. The van der Waals surface area contributed by atoms with Gasteiger partial charge >= 0.3 is 0 Å². The molecule has 1 atom stereocenters. The van der Waals surface area contributed by atoms with Gasteiger partial charge in [0.2, 0.25) is 0 Å². The van der Waals surface area contributed by atoms with Gasteiger partial charge in [-0.2, -0.15) is 0 Å². The molecular weight excluding hydrogens is 210 g/mol. The van der Waals surface area contributed by atoms with E-state index in [1.165, 1.54) is 25.7 Å². The summed E-state index contributed by atoms with van der Waals surface area (Å²) in [6.07, 6.45) is 8.78. The Morgan fingerprint density at radius 3 is 2.18 bits per heavy atom. The molecule has 2 N–H and O–H groups in total. The molecule has 0 aromatic carbocycles. The normalized spacial score (nSPS) is 20.9. The highest BCUT2D eigenvalue weighted by molar-refractivity contribution is 5.81. The van der Waals surface area contributed by atoms with E-state index in [2.05, 4.69) is 20.8 Å². The quantitative estimate of drug-likeness (QED) is 0.760. The summed E-state index contributed by atoms with van der Waals surface area (Å²) in [5.74, 6) is 0.729. The summed E-state index contributed by atoms with van der Waals surface area (Å²) in [6.45, 7) is 6.55. The van der Waals surface area contributed by atoms with Crippen molar-refractivity contribution in [2.45, 2.75) is 78.2 Å². The van der Waals surface area contributed by atoms with Crippen LogP contribution in [-0.2, 0) is 4.79 Å². The van der Waals surface area contributed by atoms with Crippen LogP contribution in [-0.4, -0.2) is 11.8 Å². The number of nitrogens with two attached hydrogens (primary N) is 1. The Morgan fingerprint density at radius 1 is 1.18 bits per heavy atom. The summed E-state index contributed by atoms with van der Waals surface area (Å²) < 4.78 is 0. The molecule has 100 valence electrons. The molecule has 0 aromatic heterocycles. The van der Waals surface area contributed by atoms with Crippen molar-refractivity contribution in [2.75, 3.05) is 0 Å². The maximum atomic E-state index is 12.2. The van der Waals surface area contributed by atoms with Gasteiger partial charge in [0, 0.05) is 18.4 Å². The Morgan fingerprint density at radius 2 is 1.71 bits per heavy atom. The zero-order valence-corrected chi connectivity index (χ0v) is 11.8. The molecule has 0 bridgehead atoms. The van der Waals surface area contributed by atoms with E-state index >= 15 is 0 Å². The molecule has 0 aromatic rings. The minimum atomic E-state index is 0.0470. The van der Waals surface area contributed by atoms with E-state index in [4.69, 9.17) is 5.73 Å². The summed E-state index contributed by atoms with van der Waals surface area (Å²) in [7, 11) is 0. The third kappa shape index (κ3) is 6.21. The Bertz CT molecular complexity index is 234. The molecule has 0 saturated heterocycles. The number of hydrogen-bond donors (Lipinski definition) is 1. The third-order valence-electron chi connectivity index (χ3n) is 3.65. The fourth-order valence-electron chi connectivity index (χ4n) is 2.89. The van der Waals surface area contributed by atoms with Crippen LogP contribution >= 0.6 is 0 Å². The fraction of sp³-hybridized carbons (Fsp3) is 0.933. The lowest BCUT2D eigenvalue weighted by atomic mass is 9.84. The van der Waals surface area contributed by atoms with E-state index in [0.29, 0.717) is 18.1 Å². The predicted octanol–water partition coefficient (Wildman–Crippen LogP) is 3.68. The lowest BCUT2D eigenvalue weighted by Gasteiger charge is -2.24. The molecule has 2 heteroatoms. The van der Waals surface area contributed by atoms with Crippen LogP contribution in [0.2, 0.25) is 0 Å². The van der Waals surface area contributed by atoms with Gasteiger partial charge in [-0.1, -0.05) is 46.5 Å². The van der Waals surface area contributed by atoms with Crippen LogP contribution in [0.25, 0.3) is 0 Å². The summed E-state index contributed by atoms with van der Waals surface area (Å²) in [5, 5.41) is 0. The van der Waals surface area contributed by atoms with Crippen molar-refractivity contribution in [3.8, 4) is 0 Å². The standard InChI is InChI=1S/C15H29NO/c1-15(2,3)11-13(16)10-14(17)12-8-6-4-5-7-9-12/h12-13H,4-11,16H2,1-3H3. The highest BCUT2D eigenvalue weighted by Crippen LogP contribution is 2.26. The average Bonchev–Trinajstić information content (AvgIpc) is 2.41. The Balaban J connectivity index is 2.36. The number of carbonyl (C=O) groups excluding carboxylic acids is 1. The van der Waals surface area contributed by atoms with Crippen LogP contribution in [0.15, 0.2) is 0 Å². The van der Waals surface area contributed by atoms with Crippen LogP contribution in [0, 0.1) is 11.3 Å². The smallest absolute Gasteiger partial charge is 0.137 e. The number of Topliss-reactive ketones (excluding diaryl/α,β-unsaturated/α-hetero) is 1. The van der Waals surface area contributed by atoms with Crippen LogP contribution < -0.4 is 5.73 Å². The van der Waals surface area contributed by atoms with Crippen molar-refractivity contribution in [1.29, 1.82) is 0 Å². The van der Waals surface area contributed by atoms with E-state index in [-0.39, 0.29) is 11.5 Å². The molecule has 2 nitrogen and oxygen atoms in total. The largest absolute Gasteiger partial charge is 0.327 e. The lowest BCUT2D eigenvalue weighted by Crippen LogP contribution is -2.31. The average molecular weight is 239 g/mol. The molecular formula is C15H29NO. The molecule has 0 aliphatic heterocycles. The maximum Gasteiger partial charge on any atom is 0.137 e. The van der Waals surface area contributed by atoms with Crippen molar-refractivity contribution < 1.29 is 4.79 Å². The highest BCUT2D eigenvalue weighted by atomic mass is 16.1. The van der Waals surface area contributed by atoms with Gasteiger partial charge in [0.05, 0.1) is 0 Å². The van der Waals surface area contributed by atoms with Gasteiger partial charge in [-0.05, 0) is 24.7 Å². The van der Waals surface area contributed by atoms with Crippen molar-refractivity contribution in [2.24, 2.45) is 17.1 Å². The van der Waals surface area contributed by atoms with Gasteiger partial charge in [-0.25, -0.2) is 0 Å². The van der Waals surface area contributed by atoms with E-state index < -0.39 is 0 Å². The molecule has 0 heterocycles. The van der Waals surface area contributed by atoms with Gasteiger partial charge < -0.3 is 5.73 Å². The minimum Gasteiger partial charge on any atom is -0.327 e. The third-order valence-corrected chi connectivity index (χ3v) is 3.65. The van der Waals surface area contributed by atoms with Gasteiger partial charge in [0.25, 0.3) is 0 Å². The van der Waals surface area contributed by atoms with Crippen molar-refractivity contribution in [1.82, 2.24) is 0 Å². The first-order chi connectivity index (χ1) is 7.88. The molecule has 0 radical (unpaired) electrons. The molecule has 1 saturated carbocycles. The number of rotatable bonds is 4. The monoisotopic (exact) mass is 239 g/mol. The molecule has 1 aliphatic rings. The Labute approximate surface area is 106 Å². The second-order valence-electron chi connectivity index (χ2n) is 6.88. The summed E-state index contributed by atoms with van der Waals surface area (Å²) in [4.78, 5) is 12.2. The summed E-state index contributed by atoms with van der Waals surface area (Å²) in [6, 6.07) is 0.0470. The van der Waals surface area contributed by atoms with E-state index in [9.17, 15) is 4.79 Å². The fourth-order valence-corrected chi connectivity index (χ4v) is 2.89. The number of ketones is 1. The minimum absolute atomic E-state index is 0.0470.